The number of nitrogens with zero attached hydrogens (tertiary/aromatic N) is 1. The minimum atomic E-state index is 0.798. The molecule has 96 valence electrons. The first-order valence-electron chi connectivity index (χ1n) is 7.01. The van der Waals surface area contributed by atoms with E-state index in [-0.39, 0.29) is 0 Å². The number of aromatic amines is 1. The lowest BCUT2D eigenvalue weighted by Crippen LogP contribution is -2.24. The topological polar surface area (TPSA) is 40.7 Å². The molecule has 1 saturated carbocycles. The molecule has 3 heteroatoms. The van der Waals surface area contributed by atoms with Gasteiger partial charge in [0.25, 0.3) is 0 Å². The molecule has 2 atom stereocenters. The molecule has 2 aromatic rings. The third-order valence-electron chi connectivity index (χ3n) is 4.21. The zero-order valence-electron chi connectivity index (χ0n) is 10.9. The molecule has 0 radical (unpaired) electrons. The average molecular weight is 243 g/mol. The van der Waals surface area contributed by atoms with Gasteiger partial charge in [-0.1, -0.05) is 38.3 Å². The molecule has 0 aliphatic heterocycles. The fourth-order valence-corrected chi connectivity index (χ4v) is 2.96. The highest BCUT2D eigenvalue weighted by Gasteiger charge is 2.21. The molecule has 2 unspecified atom stereocenters. The Morgan fingerprint density at radius 1 is 1.28 bits per heavy atom. The van der Waals surface area contributed by atoms with Crippen molar-refractivity contribution in [3.05, 3.63) is 24.3 Å². The summed E-state index contributed by atoms with van der Waals surface area (Å²) in [5, 5.41) is 3.47. The smallest absolute Gasteiger partial charge is 0.201 e. The van der Waals surface area contributed by atoms with Crippen LogP contribution in [-0.4, -0.2) is 16.5 Å². The number of nitrogens with one attached hydrogen (secondary N) is 2. The van der Waals surface area contributed by atoms with Crippen molar-refractivity contribution in [2.45, 2.75) is 32.6 Å². The number of H-pyrrole nitrogens is 1. The van der Waals surface area contributed by atoms with Crippen LogP contribution in [0.25, 0.3) is 11.0 Å². The number of rotatable bonds is 3. The van der Waals surface area contributed by atoms with Crippen molar-refractivity contribution >= 4 is 17.0 Å². The Kier molecular flexibility index (Phi) is 3.22. The molecule has 3 rings (SSSR count). The summed E-state index contributed by atoms with van der Waals surface area (Å²) in [6.07, 6.45) is 5.53. The Morgan fingerprint density at radius 3 is 2.94 bits per heavy atom. The minimum absolute atomic E-state index is 0.798. The predicted molar refractivity (Wildman–Crippen MR) is 75.7 cm³/mol. The van der Waals surface area contributed by atoms with E-state index in [9.17, 15) is 0 Å². The van der Waals surface area contributed by atoms with Gasteiger partial charge in [-0.25, -0.2) is 4.98 Å². The quantitative estimate of drug-likeness (QED) is 0.860. The lowest BCUT2D eigenvalue weighted by molar-refractivity contribution is 0.268. The molecule has 1 fully saturated rings. The maximum Gasteiger partial charge on any atom is 0.201 e. The summed E-state index contributed by atoms with van der Waals surface area (Å²) in [7, 11) is 0. The molecule has 1 heterocycles. The summed E-state index contributed by atoms with van der Waals surface area (Å²) in [5.41, 5.74) is 2.15. The third-order valence-corrected chi connectivity index (χ3v) is 4.21. The number of hydrogen-bond acceptors (Lipinski definition) is 2. The second-order valence-electron chi connectivity index (χ2n) is 5.51. The van der Waals surface area contributed by atoms with E-state index < -0.39 is 0 Å². The molecule has 0 saturated heterocycles. The van der Waals surface area contributed by atoms with Gasteiger partial charge in [0, 0.05) is 6.54 Å². The van der Waals surface area contributed by atoms with E-state index in [1.165, 1.54) is 25.7 Å². The molecule has 0 amide bonds. The number of anilines is 1. The SMILES string of the molecule is CC1CCCCC1CNc1nc2ccccc2[nH]1. The third kappa shape index (κ3) is 2.35. The maximum atomic E-state index is 4.56. The van der Waals surface area contributed by atoms with Gasteiger partial charge in [0.2, 0.25) is 5.95 Å². The molecule has 18 heavy (non-hydrogen) atoms. The Morgan fingerprint density at radius 2 is 2.11 bits per heavy atom. The van der Waals surface area contributed by atoms with E-state index in [0.717, 1.165) is 35.4 Å². The Balaban J connectivity index is 1.65. The molecule has 1 aliphatic carbocycles. The van der Waals surface area contributed by atoms with Crippen LogP contribution >= 0.6 is 0 Å². The highest BCUT2D eigenvalue weighted by molar-refractivity contribution is 5.77. The van der Waals surface area contributed by atoms with Gasteiger partial charge in [-0.2, -0.15) is 0 Å². The normalized spacial score (nSPS) is 24.3. The van der Waals surface area contributed by atoms with Crippen molar-refractivity contribution in [1.82, 2.24) is 9.97 Å². The number of benzene rings is 1. The molecule has 0 bridgehead atoms. The molecule has 3 nitrogen and oxygen atoms in total. The number of hydrogen-bond donors (Lipinski definition) is 2. The average Bonchev–Trinajstić information content (AvgIpc) is 2.80. The first-order chi connectivity index (χ1) is 8.83. The van der Waals surface area contributed by atoms with Gasteiger partial charge in [0.05, 0.1) is 11.0 Å². The summed E-state index contributed by atoms with van der Waals surface area (Å²) >= 11 is 0. The van der Waals surface area contributed by atoms with Gasteiger partial charge in [-0.15, -0.1) is 0 Å². The molecule has 1 aromatic carbocycles. The van der Waals surface area contributed by atoms with E-state index in [4.69, 9.17) is 0 Å². The highest BCUT2D eigenvalue weighted by atomic mass is 15.1. The van der Waals surface area contributed by atoms with Crippen LogP contribution in [0.1, 0.15) is 32.6 Å². The van der Waals surface area contributed by atoms with Crippen LogP contribution in [0.5, 0.6) is 0 Å². The van der Waals surface area contributed by atoms with E-state index in [0.29, 0.717) is 0 Å². The molecule has 2 N–H and O–H groups in total. The zero-order chi connectivity index (χ0) is 12.4. The second kappa shape index (κ2) is 5.01. The summed E-state index contributed by atoms with van der Waals surface area (Å²) in [6, 6.07) is 8.17. The number of imidazole rings is 1. The summed E-state index contributed by atoms with van der Waals surface area (Å²) in [4.78, 5) is 7.88. The van der Waals surface area contributed by atoms with Crippen LogP contribution in [0.15, 0.2) is 24.3 Å². The van der Waals surface area contributed by atoms with E-state index in [1.54, 1.807) is 0 Å². The van der Waals surface area contributed by atoms with E-state index in [1.807, 2.05) is 18.2 Å². The lowest BCUT2D eigenvalue weighted by atomic mass is 9.80. The van der Waals surface area contributed by atoms with Gasteiger partial charge in [0.15, 0.2) is 0 Å². The van der Waals surface area contributed by atoms with Crippen molar-refractivity contribution in [3.8, 4) is 0 Å². The molecule has 1 aliphatic rings. The molecular formula is C15H21N3. The Labute approximate surface area is 108 Å². The monoisotopic (exact) mass is 243 g/mol. The Bertz CT molecular complexity index is 484. The number of fused-ring (bicyclic) bond motifs is 1. The fraction of sp³-hybridized carbons (Fsp3) is 0.533. The van der Waals surface area contributed by atoms with Gasteiger partial charge in [0.1, 0.15) is 0 Å². The first-order valence-corrected chi connectivity index (χ1v) is 7.01. The number of aromatic nitrogens is 2. The lowest BCUT2D eigenvalue weighted by Gasteiger charge is -2.28. The molecular weight excluding hydrogens is 222 g/mol. The largest absolute Gasteiger partial charge is 0.356 e. The standard InChI is InChI=1S/C15H21N3/c1-11-6-2-3-7-12(11)10-16-15-17-13-8-4-5-9-14(13)18-15/h4-5,8-9,11-12H,2-3,6-7,10H2,1H3,(H2,16,17,18). The van der Waals surface area contributed by atoms with Crippen molar-refractivity contribution in [3.63, 3.8) is 0 Å². The zero-order valence-corrected chi connectivity index (χ0v) is 10.9. The predicted octanol–water partition coefficient (Wildman–Crippen LogP) is 3.80. The van der Waals surface area contributed by atoms with Crippen molar-refractivity contribution in [2.24, 2.45) is 11.8 Å². The maximum absolute atomic E-state index is 4.56. The van der Waals surface area contributed by atoms with Crippen molar-refractivity contribution in [2.75, 3.05) is 11.9 Å². The van der Waals surface area contributed by atoms with Crippen LogP contribution in [0.3, 0.4) is 0 Å². The summed E-state index contributed by atoms with van der Waals surface area (Å²) < 4.78 is 0. The summed E-state index contributed by atoms with van der Waals surface area (Å²) in [5.74, 6) is 2.55. The van der Waals surface area contributed by atoms with Gasteiger partial charge >= 0.3 is 0 Å². The first kappa shape index (κ1) is 11.6. The van der Waals surface area contributed by atoms with Crippen molar-refractivity contribution < 1.29 is 0 Å². The van der Waals surface area contributed by atoms with E-state index in [2.05, 4.69) is 28.3 Å². The second-order valence-corrected chi connectivity index (χ2v) is 5.51. The van der Waals surface area contributed by atoms with Crippen LogP contribution in [0, 0.1) is 11.8 Å². The van der Waals surface area contributed by atoms with Gasteiger partial charge < -0.3 is 10.3 Å². The van der Waals surface area contributed by atoms with Crippen LogP contribution in [0.4, 0.5) is 5.95 Å². The highest BCUT2D eigenvalue weighted by Crippen LogP contribution is 2.29. The van der Waals surface area contributed by atoms with Crippen molar-refractivity contribution in [1.29, 1.82) is 0 Å². The van der Waals surface area contributed by atoms with Crippen LogP contribution in [0.2, 0.25) is 0 Å². The number of para-hydroxylation sites is 2. The van der Waals surface area contributed by atoms with Gasteiger partial charge in [-0.05, 0) is 30.4 Å². The van der Waals surface area contributed by atoms with Gasteiger partial charge in [-0.3, -0.25) is 0 Å². The van der Waals surface area contributed by atoms with E-state index >= 15 is 0 Å². The van der Waals surface area contributed by atoms with Crippen LogP contribution < -0.4 is 5.32 Å². The fourth-order valence-electron chi connectivity index (χ4n) is 2.96. The minimum Gasteiger partial charge on any atom is -0.356 e. The molecule has 0 spiro atoms. The van der Waals surface area contributed by atoms with Crippen LogP contribution in [-0.2, 0) is 0 Å². The summed E-state index contributed by atoms with van der Waals surface area (Å²) in [6.45, 7) is 3.42. The molecule has 1 aromatic heterocycles. The Hall–Kier alpha value is -1.51.